The van der Waals surface area contributed by atoms with Gasteiger partial charge in [-0.3, -0.25) is 4.79 Å². The van der Waals surface area contributed by atoms with Gasteiger partial charge in [-0.25, -0.2) is 9.59 Å². The van der Waals surface area contributed by atoms with Gasteiger partial charge in [-0.15, -0.1) is 11.3 Å². The quantitative estimate of drug-likeness (QED) is 0.472. The molecule has 1 fully saturated rings. The predicted octanol–water partition coefficient (Wildman–Crippen LogP) is 1.80. The van der Waals surface area contributed by atoms with E-state index in [2.05, 4.69) is 17.6 Å². The van der Waals surface area contributed by atoms with E-state index in [4.69, 9.17) is 19.8 Å². The summed E-state index contributed by atoms with van der Waals surface area (Å²) in [7, 11) is 0. The summed E-state index contributed by atoms with van der Waals surface area (Å²) in [6, 6.07) is 4.41. The van der Waals surface area contributed by atoms with Crippen LogP contribution in [0, 0.1) is 5.92 Å². The van der Waals surface area contributed by atoms with Gasteiger partial charge in [-0.1, -0.05) is 13.0 Å². The Labute approximate surface area is 145 Å². The molecule has 0 atom stereocenters. The van der Waals surface area contributed by atoms with Gasteiger partial charge >= 0.3 is 11.9 Å². The molecule has 1 amide bonds. The molecule has 8 heteroatoms. The Hall–Kier alpha value is -1.93. The summed E-state index contributed by atoms with van der Waals surface area (Å²) in [4.78, 5) is 30.7. The monoisotopic (exact) mass is 356 g/mol. The molecule has 1 aromatic rings. The van der Waals surface area contributed by atoms with Crippen molar-refractivity contribution in [1.29, 1.82) is 0 Å². The van der Waals surface area contributed by atoms with Crippen molar-refractivity contribution in [1.82, 2.24) is 10.6 Å². The molecule has 0 aliphatic heterocycles. The highest BCUT2D eigenvalue weighted by atomic mass is 32.1. The highest BCUT2D eigenvalue weighted by Gasteiger charge is 2.17. The summed E-state index contributed by atoms with van der Waals surface area (Å²) in [6.07, 6.45) is 5.22. The number of carbonyl (C=O) groups is 3. The molecule has 0 saturated heterocycles. The van der Waals surface area contributed by atoms with Crippen LogP contribution in [0.15, 0.2) is 17.5 Å². The molecule has 1 aromatic heterocycles. The van der Waals surface area contributed by atoms with Crippen LogP contribution in [-0.2, 0) is 9.59 Å². The molecular weight excluding hydrogens is 332 g/mol. The minimum Gasteiger partial charge on any atom is -0.473 e. The maximum Gasteiger partial charge on any atom is 0.414 e. The molecule has 1 aliphatic carbocycles. The molecular formula is C16H24N2O5S. The summed E-state index contributed by atoms with van der Waals surface area (Å²) in [6.45, 7) is 3.91. The predicted molar refractivity (Wildman–Crippen MR) is 91.3 cm³/mol. The standard InChI is InChI=1S/C14H22N2OS.C2H2O4/c1-11-4-6-12(7-5-11)15-8-9-16-14(17)13-3-2-10-18-13;3-1(4)2(5)6/h2-3,10-12,15H,4-9H2,1H3,(H,16,17);(H,3,4)(H,5,6). The van der Waals surface area contributed by atoms with Gasteiger partial charge in [0.15, 0.2) is 0 Å². The van der Waals surface area contributed by atoms with E-state index < -0.39 is 11.9 Å². The van der Waals surface area contributed by atoms with Crippen LogP contribution in [-0.4, -0.2) is 47.2 Å². The van der Waals surface area contributed by atoms with Gasteiger partial charge in [-0.05, 0) is 43.0 Å². The molecule has 0 spiro atoms. The Morgan fingerprint density at radius 3 is 2.25 bits per heavy atom. The first-order chi connectivity index (χ1) is 11.4. The summed E-state index contributed by atoms with van der Waals surface area (Å²) in [5.74, 6) is -2.71. The Morgan fingerprint density at radius 2 is 1.75 bits per heavy atom. The van der Waals surface area contributed by atoms with E-state index in [0.717, 1.165) is 17.3 Å². The lowest BCUT2D eigenvalue weighted by Crippen LogP contribution is -2.38. The van der Waals surface area contributed by atoms with E-state index in [1.165, 1.54) is 37.0 Å². The zero-order valence-corrected chi connectivity index (χ0v) is 14.5. The van der Waals surface area contributed by atoms with E-state index in [-0.39, 0.29) is 5.91 Å². The lowest BCUT2D eigenvalue weighted by molar-refractivity contribution is -0.159. The second-order valence-corrected chi connectivity index (χ2v) is 6.70. The third-order valence-corrected chi connectivity index (χ3v) is 4.66. The van der Waals surface area contributed by atoms with Crippen molar-refractivity contribution in [3.63, 3.8) is 0 Å². The Morgan fingerprint density at radius 1 is 1.12 bits per heavy atom. The van der Waals surface area contributed by atoms with Crippen molar-refractivity contribution < 1.29 is 24.6 Å². The summed E-state index contributed by atoms with van der Waals surface area (Å²) in [5, 5.41) is 23.2. The number of hydrogen-bond acceptors (Lipinski definition) is 5. The molecule has 1 aliphatic rings. The fourth-order valence-electron chi connectivity index (χ4n) is 2.41. The fraction of sp³-hybridized carbons (Fsp3) is 0.562. The number of nitrogens with one attached hydrogen (secondary N) is 2. The van der Waals surface area contributed by atoms with Crippen molar-refractivity contribution in [3.05, 3.63) is 22.4 Å². The molecule has 7 nitrogen and oxygen atoms in total. The SMILES string of the molecule is CC1CCC(NCCNC(=O)c2cccs2)CC1.O=C(O)C(=O)O. The van der Waals surface area contributed by atoms with Gasteiger partial charge in [0.2, 0.25) is 0 Å². The van der Waals surface area contributed by atoms with Gasteiger partial charge in [0.25, 0.3) is 5.91 Å². The van der Waals surface area contributed by atoms with Gasteiger partial charge in [0.1, 0.15) is 0 Å². The second-order valence-electron chi connectivity index (χ2n) is 5.75. The molecule has 2 rings (SSSR count). The smallest absolute Gasteiger partial charge is 0.414 e. The van der Waals surface area contributed by atoms with Gasteiger partial charge in [-0.2, -0.15) is 0 Å². The first-order valence-corrected chi connectivity index (χ1v) is 8.79. The summed E-state index contributed by atoms with van der Waals surface area (Å²) < 4.78 is 0. The number of aliphatic carboxylic acids is 2. The van der Waals surface area contributed by atoms with Crippen molar-refractivity contribution in [3.8, 4) is 0 Å². The second kappa shape index (κ2) is 10.8. The van der Waals surface area contributed by atoms with E-state index in [9.17, 15) is 4.79 Å². The van der Waals surface area contributed by atoms with Gasteiger partial charge in [0.05, 0.1) is 4.88 Å². The molecule has 0 aromatic carbocycles. The normalized spacial score (nSPS) is 19.7. The van der Waals surface area contributed by atoms with Crippen LogP contribution in [0.3, 0.4) is 0 Å². The fourth-order valence-corrected chi connectivity index (χ4v) is 3.05. The van der Waals surface area contributed by atoms with Crippen LogP contribution in [0.25, 0.3) is 0 Å². The summed E-state index contributed by atoms with van der Waals surface area (Å²) in [5.41, 5.74) is 0. The molecule has 4 N–H and O–H groups in total. The zero-order chi connectivity index (χ0) is 17.9. The number of hydrogen-bond donors (Lipinski definition) is 4. The first kappa shape index (κ1) is 20.1. The van der Waals surface area contributed by atoms with E-state index in [1.54, 1.807) is 0 Å². The van der Waals surface area contributed by atoms with Gasteiger partial charge < -0.3 is 20.8 Å². The average Bonchev–Trinajstić information content (AvgIpc) is 3.08. The molecule has 0 radical (unpaired) electrons. The van der Waals surface area contributed by atoms with Crippen LogP contribution in [0.1, 0.15) is 42.3 Å². The van der Waals surface area contributed by atoms with Crippen molar-refractivity contribution >= 4 is 29.2 Å². The van der Waals surface area contributed by atoms with Crippen LogP contribution in [0.4, 0.5) is 0 Å². The highest BCUT2D eigenvalue weighted by molar-refractivity contribution is 7.12. The minimum atomic E-state index is -1.82. The molecule has 1 heterocycles. The molecule has 0 unspecified atom stereocenters. The van der Waals surface area contributed by atoms with Crippen LogP contribution >= 0.6 is 11.3 Å². The number of carboxylic acids is 2. The van der Waals surface area contributed by atoms with Crippen molar-refractivity contribution in [2.45, 2.75) is 38.6 Å². The van der Waals surface area contributed by atoms with E-state index in [1.807, 2.05) is 17.5 Å². The largest absolute Gasteiger partial charge is 0.473 e. The topological polar surface area (TPSA) is 116 Å². The molecule has 0 bridgehead atoms. The molecule has 1 saturated carbocycles. The third-order valence-electron chi connectivity index (χ3n) is 3.79. The zero-order valence-electron chi connectivity index (χ0n) is 13.7. The number of thiophene rings is 1. The lowest BCUT2D eigenvalue weighted by atomic mass is 9.87. The van der Waals surface area contributed by atoms with Crippen molar-refractivity contribution in [2.24, 2.45) is 5.92 Å². The Bertz CT molecular complexity index is 513. The van der Waals surface area contributed by atoms with E-state index in [0.29, 0.717) is 12.6 Å². The van der Waals surface area contributed by atoms with Crippen LogP contribution < -0.4 is 10.6 Å². The Kier molecular flexibility index (Phi) is 9.03. The molecule has 134 valence electrons. The third kappa shape index (κ3) is 8.07. The first-order valence-electron chi connectivity index (χ1n) is 7.91. The lowest BCUT2D eigenvalue weighted by Gasteiger charge is -2.27. The average molecular weight is 356 g/mol. The number of carboxylic acid groups (broad SMARTS) is 2. The number of carbonyl (C=O) groups excluding carboxylic acids is 1. The molecule has 24 heavy (non-hydrogen) atoms. The maximum atomic E-state index is 11.7. The van der Waals surface area contributed by atoms with E-state index >= 15 is 0 Å². The number of rotatable bonds is 5. The highest BCUT2D eigenvalue weighted by Crippen LogP contribution is 2.23. The Balaban J connectivity index is 0.000000413. The van der Waals surface area contributed by atoms with Gasteiger partial charge in [0, 0.05) is 19.1 Å². The van der Waals surface area contributed by atoms with Crippen LogP contribution in [0.5, 0.6) is 0 Å². The van der Waals surface area contributed by atoms with Crippen LogP contribution in [0.2, 0.25) is 0 Å². The summed E-state index contributed by atoms with van der Waals surface area (Å²) >= 11 is 1.48. The number of amides is 1. The maximum absolute atomic E-state index is 11.7. The van der Waals surface area contributed by atoms with Crippen molar-refractivity contribution in [2.75, 3.05) is 13.1 Å². The minimum absolute atomic E-state index is 0.0454.